The Kier molecular flexibility index (Phi) is 4.07. The molecule has 0 aromatic heterocycles. The van der Waals surface area contributed by atoms with Crippen LogP contribution in [0.15, 0.2) is 29.2 Å². The molecule has 100 valence electrons. The average molecular weight is 268 g/mol. The molecule has 1 aromatic rings. The molecule has 18 heavy (non-hydrogen) atoms. The first-order valence-corrected chi connectivity index (χ1v) is 7.93. The van der Waals surface area contributed by atoms with E-state index in [1.807, 2.05) is 6.92 Å². The zero-order valence-corrected chi connectivity index (χ0v) is 11.5. The largest absolute Gasteiger partial charge is 0.294 e. The fourth-order valence-electron chi connectivity index (χ4n) is 2.88. The first kappa shape index (κ1) is 13.6. The Labute approximate surface area is 109 Å². The van der Waals surface area contributed by atoms with Crippen LogP contribution >= 0.6 is 0 Å². The predicted octanol–water partition coefficient (Wildman–Crippen LogP) is 3.44. The van der Waals surface area contributed by atoms with E-state index in [1.54, 1.807) is 44.2 Å². The Balaban J connectivity index is 0.000000146. The highest BCUT2D eigenvalue weighted by Crippen LogP contribution is 2.43. The lowest BCUT2D eigenvalue weighted by Crippen LogP contribution is -1.96. The third kappa shape index (κ3) is 3.56. The van der Waals surface area contributed by atoms with Crippen LogP contribution in [-0.2, 0) is 10.1 Å². The average Bonchev–Trinajstić information content (AvgIpc) is 2.93. The van der Waals surface area contributed by atoms with Gasteiger partial charge in [0.2, 0.25) is 0 Å². The molecule has 0 radical (unpaired) electrons. The molecule has 1 aromatic carbocycles. The first-order chi connectivity index (χ1) is 8.45. The molecule has 0 amide bonds. The van der Waals surface area contributed by atoms with E-state index in [0.717, 1.165) is 5.56 Å². The van der Waals surface area contributed by atoms with Crippen LogP contribution < -0.4 is 0 Å². The number of rotatable bonds is 1. The van der Waals surface area contributed by atoms with Crippen molar-refractivity contribution >= 4 is 10.1 Å². The second-order valence-electron chi connectivity index (χ2n) is 5.41. The highest BCUT2D eigenvalue weighted by Gasteiger charge is 2.30. The Hall–Kier alpha value is -0.870. The lowest BCUT2D eigenvalue weighted by molar-refractivity contribution is 0.480. The van der Waals surface area contributed by atoms with Crippen LogP contribution in [0.25, 0.3) is 0 Å². The minimum absolute atomic E-state index is 0.0666. The van der Waals surface area contributed by atoms with Gasteiger partial charge in [-0.15, -0.1) is 0 Å². The summed E-state index contributed by atoms with van der Waals surface area (Å²) in [5.41, 5.74) is 0.956. The van der Waals surface area contributed by atoms with Gasteiger partial charge in [-0.05, 0) is 37.3 Å². The van der Waals surface area contributed by atoms with Gasteiger partial charge in [-0.25, -0.2) is 0 Å². The fourth-order valence-corrected chi connectivity index (χ4v) is 3.36. The van der Waals surface area contributed by atoms with Gasteiger partial charge in [0, 0.05) is 0 Å². The molecule has 2 bridgehead atoms. The minimum atomic E-state index is -4.02. The zero-order valence-electron chi connectivity index (χ0n) is 10.7. The predicted molar refractivity (Wildman–Crippen MR) is 71.1 cm³/mol. The Morgan fingerprint density at radius 1 is 1.00 bits per heavy atom. The third-order valence-corrected chi connectivity index (χ3v) is 4.82. The number of benzene rings is 1. The number of fused-ring (bicyclic) bond motifs is 2. The summed E-state index contributed by atoms with van der Waals surface area (Å²) < 4.78 is 29.6. The Bertz CT molecular complexity index is 472. The van der Waals surface area contributed by atoms with Crippen molar-refractivity contribution < 1.29 is 13.0 Å². The monoisotopic (exact) mass is 268 g/mol. The zero-order chi connectivity index (χ0) is 13.2. The van der Waals surface area contributed by atoms with Gasteiger partial charge in [0.25, 0.3) is 10.1 Å². The van der Waals surface area contributed by atoms with Gasteiger partial charge in [0.05, 0.1) is 4.90 Å². The van der Waals surface area contributed by atoms with Gasteiger partial charge in [0.15, 0.2) is 0 Å². The van der Waals surface area contributed by atoms with Crippen LogP contribution in [0.2, 0.25) is 0 Å². The normalized spacial score (nSPS) is 25.7. The molecule has 2 aliphatic rings. The topological polar surface area (TPSA) is 54.4 Å². The molecular weight excluding hydrogens is 248 g/mol. The van der Waals surface area contributed by atoms with Crippen molar-refractivity contribution in [3.05, 3.63) is 29.8 Å². The maximum Gasteiger partial charge on any atom is 0.294 e. The summed E-state index contributed by atoms with van der Waals surface area (Å²) in [6.45, 7) is 1.84. The van der Waals surface area contributed by atoms with E-state index in [-0.39, 0.29) is 4.90 Å². The van der Waals surface area contributed by atoms with Gasteiger partial charge in [0.1, 0.15) is 0 Å². The van der Waals surface area contributed by atoms with Gasteiger partial charge in [-0.1, -0.05) is 43.4 Å². The highest BCUT2D eigenvalue weighted by atomic mass is 32.2. The van der Waals surface area contributed by atoms with Gasteiger partial charge >= 0.3 is 0 Å². The molecule has 4 heteroatoms. The van der Waals surface area contributed by atoms with Crippen molar-refractivity contribution in [3.63, 3.8) is 0 Å². The lowest BCUT2D eigenvalue weighted by atomic mass is 10.0. The van der Waals surface area contributed by atoms with Crippen LogP contribution in [0.3, 0.4) is 0 Å². The van der Waals surface area contributed by atoms with Crippen molar-refractivity contribution in [2.45, 2.75) is 43.9 Å². The van der Waals surface area contributed by atoms with Gasteiger partial charge < -0.3 is 0 Å². The summed E-state index contributed by atoms with van der Waals surface area (Å²) >= 11 is 0. The summed E-state index contributed by atoms with van der Waals surface area (Å²) in [4.78, 5) is -0.0666. The van der Waals surface area contributed by atoms with Crippen molar-refractivity contribution in [3.8, 4) is 0 Å². The summed E-state index contributed by atoms with van der Waals surface area (Å²) in [5.74, 6) is 2.34. The summed E-state index contributed by atoms with van der Waals surface area (Å²) in [6, 6.07) is 5.99. The smallest absolute Gasteiger partial charge is 0.282 e. The Morgan fingerprint density at radius 2 is 1.44 bits per heavy atom. The maximum atomic E-state index is 10.5. The number of hydrogen-bond donors (Lipinski definition) is 1. The van der Waals surface area contributed by atoms with Crippen molar-refractivity contribution in [2.75, 3.05) is 0 Å². The standard InChI is InChI=1S/C7H8O3S.C7H12/c1-6-2-4-7(5-3-6)11(8,9)10;1-2-7-4-3-6(1)5-7/h2-5H,1H3,(H,8,9,10);6-7H,1-5H2. The molecule has 0 atom stereocenters. The van der Waals surface area contributed by atoms with E-state index < -0.39 is 10.1 Å². The quantitative estimate of drug-likeness (QED) is 0.794. The number of hydrogen-bond acceptors (Lipinski definition) is 2. The second-order valence-corrected chi connectivity index (χ2v) is 6.83. The summed E-state index contributed by atoms with van der Waals surface area (Å²) in [7, 11) is -4.02. The van der Waals surface area contributed by atoms with E-state index >= 15 is 0 Å². The molecule has 0 heterocycles. The van der Waals surface area contributed by atoms with Crippen LogP contribution in [-0.4, -0.2) is 13.0 Å². The molecule has 0 saturated heterocycles. The van der Waals surface area contributed by atoms with Crippen LogP contribution in [0.5, 0.6) is 0 Å². The van der Waals surface area contributed by atoms with E-state index in [9.17, 15) is 8.42 Å². The molecule has 1 N–H and O–H groups in total. The van der Waals surface area contributed by atoms with E-state index in [2.05, 4.69) is 0 Å². The molecule has 0 spiro atoms. The second kappa shape index (κ2) is 5.41. The molecular formula is C14H20O3S. The Morgan fingerprint density at radius 3 is 1.72 bits per heavy atom. The van der Waals surface area contributed by atoms with Crippen LogP contribution in [0.1, 0.15) is 37.7 Å². The molecule has 3 rings (SSSR count). The molecule has 0 unspecified atom stereocenters. The molecule has 0 aliphatic heterocycles. The molecule has 2 saturated carbocycles. The summed E-state index contributed by atoms with van der Waals surface area (Å²) in [5, 5.41) is 0. The summed E-state index contributed by atoms with van der Waals surface area (Å²) in [6.07, 6.45) is 7.82. The van der Waals surface area contributed by atoms with Crippen molar-refractivity contribution in [1.29, 1.82) is 0 Å². The van der Waals surface area contributed by atoms with Crippen LogP contribution in [0, 0.1) is 18.8 Å². The first-order valence-electron chi connectivity index (χ1n) is 6.49. The number of aryl methyl sites for hydroxylation is 1. The van der Waals surface area contributed by atoms with Gasteiger partial charge in [-0.3, -0.25) is 4.55 Å². The third-order valence-electron chi connectivity index (χ3n) is 3.95. The highest BCUT2D eigenvalue weighted by molar-refractivity contribution is 7.85. The molecule has 2 fully saturated rings. The van der Waals surface area contributed by atoms with E-state index in [0.29, 0.717) is 0 Å². The van der Waals surface area contributed by atoms with Crippen molar-refractivity contribution in [1.82, 2.24) is 0 Å². The van der Waals surface area contributed by atoms with Crippen LogP contribution in [0.4, 0.5) is 0 Å². The van der Waals surface area contributed by atoms with Crippen molar-refractivity contribution in [2.24, 2.45) is 11.8 Å². The lowest BCUT2D eigenvalue weighted by Gasteiger charge is -2.05. The molecule has 3 nitrogen and oxygen atoms in total. The maximum absolute atomic E-state index is 10.5. The SMILES string of the molecule is C1CC2CCC1C2.Cc1ccc(S(=O)(=O)O)cc1. The van der Waals surface area contributed by atoms with Gasteiger partial charge in [-0.2, -0.15) is 8.42 Å². The molecule has 2 aliphatic carbocycles. The van der Waals surface area contributed by atoms with E-state index in [4.69, 9.17) is 4.55 Å². The fraction of sp³-hybridized carbons (Fsp3) is 0.571. The van der Waals surface area contributed by atoms with E-state index in [1.165, 1.54) is 24.0 Å². The minimum Gasteiger partial charge on any atom is -0.282 e.